The Kier molecular flexibility index (Phi) is 4.40. The minimum atomic E-state index is -0.384. The zero-order valence-electron chi connectivity index (χ0n) is 13.4. The summed E-state index contributed by atoms with van der Waals surface area (Å²) in [4.78, 5) is 27.4. The van der Waals surface area contributed by atoms with Crippen molar-refractivity contribution in [2.45, 2.75) is 59.6 Å². The number of carbonyl (C=O) groups is 2. The van der Waals surface area contributed by atoms with Gasteiger partial charge in [-0.05, 0) is 58.9 Å². The Balaban J connectivity index is 2.17. The van der Waals surface area contributed by atoms with Crippen LogP contribution in [-0.2, 0) is 4.74 Å². The van der Waals surface area contributed by atoms with Crippen molar-refractivity contribution in [1.29, 1.82) is 0 Å². The number of nitrogens with one attached hydrogen (secondary N) is 2. The first-order valence-corrected chi connectivity index (χ1v) is 7.52. The van der Waals surface area contributed by atoms with Crippen molar-refractivity contribution in [3.05, 3.63) is 22.5 Å². The molecule has 1 aliphatic carbocycles. The smallest absolute Gasteiger partial charge is 0.340 e. The molecular formula is C16H24N2O3. The van der Waals surface area contributed by atoms with E-state index >= 15 is 0 Å². The molecule has 2 rings (SSSR count). The predicted molar refractivity (Wildman–Crippen MR) is 80.5 cm³/mol. The van der Waals surface area contributed by atoms with Gasteiger partial charge in [0.25, 0.3) is 5.91 Å². The summed E-state index contributed by atoms with van der Waals surface area (Å²) in [5.74, 6) is 0.0554. The summed E-state index contributed by atoms with van der Waals surface area (Å²) >= 11 is 0. The highest BCUT2D eigenvalue weighted by Crippen LogP contribution is 2.32. The number of esters is 1. The molecule has 1 amide bonds. The first kappa shape index (κ1) is 15.6. The van der Waals surface area contributed by atoms with E-state index in [1.807, 2.05) is 6.92 Å². The van der Waals surface area contributed by atoms with Gasteiger partial charge >= 0.3 is 5.97 Å². The molecule has 1 aromatic rings. The number of H-pyrrole nitrogens is 1. The van der Waals surface area contributed by atoms with Gasteiger partial charge in [-0.25, -0.2) is 4.79 Å². The molecule has 1 saturated carbocycles. The van der Waals surface area contributed by atoms with Crippen LogP contribution in [0, 0.1) is 19.8 Å². The predicted octanol–water partition coefficient (Wildman–Crippen LogP) is 2.73. The van der Waals surface area contributed by atoms with Crippen molar-refractivity contribution >= 4 is 11.9 Å². The highest BCUT2D eigenvalue weighted by Gasteiger charge is 2.30. The van der Waals surface area contributed by atoms with Crippen molar-refractivity contribution in [3.8, 4) is 0 Å². The van der Waals surface area contributed by atoms with Crippen LogP contribution in [0.4, 0.5) is 0 Å². The van der Waals surface area contributed by atoms with Crippen LogP contribution in [-0.4, -0.2) is 29.0 Å². The van der Waals surface area contributed by atoms with E-state index in [1.54, 1.807) is 27.7 Å². The van der Waals surface area contributed by atoms with Gasteiger partial charge in [-0.3, -0.25) is 4.79 Å². The molecule has 21 heavy (non-hydrogen) atoms. The molecule has 1 heterocycles. The Hall–Kier alpha value is -1.78. The molecule has 5 heteroatoms. The van der Waals surface area contributed by atoms with Crippen LogP contribution in [0.2, 0.25) is 0 Å². The van der Waals surface area contributed by atoms with E-state index in [9.17, 15) is 9.59 Å². The van der Waals surface area contributed by atoms with E-state index in [0.29, 0.717) is 28.4 Å². The molecule has 0 spiro atoms. The lowest BCUT2D eigenvalue weighted by Gasteiger charge is -2.12. The van der Waals surface area contributed by atoms with Crippen molar-refractivity contribution in [1.82, 2.24) is 10.3 Å². The monoisotopic (exact) mass is 292 g/mol. The fourth-order valence-corrected chi connectivity index (χ4v) is 2.55. The molecule has 2 N–H and O–H groups in total. The number of ether oxygens (including phenoxy) is 1. The van der Waals surface area contributed by atoms with Gasteiger partial charge in [0.2, 0.25) is 0 Å². The van der Waals surface area contributed by atoms with E-state index in [0.717, 1.165) is 0 Å². The fraction of sp³-hybridized carbons (Fsp3) is 0.625. The lowest BCUT2D eigenvalue weighted by atomic mass is 10.1. The molecule has 5 nitrogen and oxygen atoms in total. The second-order valence-electron chi connectivity index (χ2n) is 6.18. The number of hydrogen-bond donors (Lipinski definition) is 2. The van der Waals surface area contributed by atoms with Crippen LogP contribution in [0.1, 0.15) is 65.7 Å². The molecule has 0 radical (unpaired) electrons. The zero-order valence-corrected chi connectivity index (χ0v) is 13.4. The van der Waals surface area contributed by atoms with Crippen LogP contribution in [0.3, 0.4) is 0 Å². The van der Waals surface area contributed by atoms with Crippen LogP contribution in [0.15, 0.2) is 0 Å². The molecule has 1 fully saturated rings. The van der Waals surface area contributed by atoms with Crippen LogP contribution >= 0.6 is 0 Å². The number of aryl methyl sites for hydroxylation is 1. The number of aromatic amines is 1. The summed E-state index contributed by atoms with van der Waals surface area (Å²) in [6.07, 6.45) is 2.17. The van der Waals surface area contributed by atoms with Crippen molar-refractivity contribution < 1.29 is 14.3 Å². The standard InChI is InChI=1S/C16H24N2O3/c1-8(2)21-16(20)13-9(3)14(17-11(13)5)15(19)18-10(4)12-6-7-12/h8,10,12,17H,6-7H2,1-5H3,(H,18,19). The Morgan fingerprint density at radius 2 is 1.86 bits per heavy atom. The molecule has 1 atom stereocenters. The minimum absolute atomic E-state index is 0.154. The van der Waals surface area contributed by atoms with E-state index in [-0.39, 0.29) is 24.0 Å². The van der Waals surface area contributed by atoms with Crippen LogP contribution < -0.4 is 5.32 Å². The molecule has 0 aliphatic heterocycles. The summed E-state index contributed by atoms with van der Waals surface area (Å²) in [7, 11) is 0. The van der Waals surface area contributed by atoms with Crippen LogP contribution in [0.25, 0.3) is 0 Å². The largest absolute Gasteiger partial charge is 0.459 e. The lowest BCUT2D eigenvalue weighted by Crippen LogP contribution is -2.34. The summed E-state index contributed by atoms with van der Waals surface area (Å²) in [5, 5.41) is 3.00. The van der Waals surface area contributed by atoms with E-state index in [2.05, 4.69) is 10.3 Å². The summed E-state index contributed by atoms with van der Waals surface area (Å²) in [5.41, 5.74) is 2.24. The third kappa shape index (κ3) is 3.46. The molecule has 1 aromatic heterocycles. The highest BCUT2D eigenvalue weighted by molar-refractivity contribution is 6.00. The maximum Gasteiger partial charge on any atom is 0.340 e. The number of aromatic nitrogens is 1. The SMILES string of the molecule is Cc1[nH]c(C(=O)NC(C)C2CC2)c(C)c1C(=O)OC(C)C. The number of rotatable bonds is 5. The normalized spacial score (nSPS) is 15.9. The van der Waals surface area contributed by atoms with Gasteiger partial charge in [0.1, 0.15) is 5.69 Å². The Morgan fingerprint density at radius 3 is 2.38 bits per heavy atom. The fourth-order valence-electron chi connectivity index (χ4n) is 2.55. The third-order valence-electron chi connectivity index (χ3n) is 3.90. The minimum Gasteiger partial charge on any atom is -0.459 e. The maximum atomic E-state index is 12.3. The summed E-state index contributed by atoms with van der Waals surface area (Å²) in [6.45, 7) is 9.19. The van der Waals surface area contributed by atoms with Gasteiger partial charge in [-0.2, -0.15) is 0 Å². The molecule has 0 saturated heterocycles. The quantitative estimate of drug-likeness (QED) is 0.820. The average molecular weight is 292 g/mol. The molecule has 0 aromatic carbocycles. The van der Waals surface area contributed by atoms with Gasteiger partial charge < -0.3 is 15.0 Å². The lowest BCUT2D eigenvalue weighted by molar-refractivity contribution is 0.0376. The van der Waals surface area contributed by atoms with Crippen LogP contribution in [0.5, 0.6) is 0 Å². The number of hydrogen-bond acceptors (Lipinski definition) is 3. The highest BCUT2D eigenvalue weighted by atomic mass is 16.5. The average Bonchev–Trinajstić information content (AvgIpc) is 3.14. The van der Waals surface area contributed by atoms with Gasteiger partial charge in [0.15, 0.2) is 0 Å². The summed E-state index contributed by atoms with van der Waals surface area (Å²) < 4.78 is 5.23. The van der Waals surface area contributed by atoms with Gasteiger partial charge in [-0.15, -0.1) is 0 Å². The van der Waals surface area contributed by atoms with E-state index in [1.165, 1.54) is 12.8 Å². The van der Waals surface area contributed by atoms with Crippen molar-refractivity contribution in [2.24, 2.45) is 5.92 Å². The first-order chi connectivity index (χ1) is 9.81. The van der Waals surface area contributed by atoms with Gasteiger partial charge in [0, 0.05) is 11.7 Å². The Bertz CT molecular complexity index is 556. The zero-order chi connectivity index (χ0) is 15.7. The molecule has 0 bridgehead atoms. The second kappa shape index (κ2) is 5.92. The van der Waals surface area contributed by atoms with E-state index in [4.69, 9.17) is 4.74 Å². The van der Waals surface area contributed by atoms with Crippen molar-refractivity contribution in [2.75, 3.05) is 0 Å². The molecule has 1 aliphatic rings. The number of carbonyl (C=O) groups excluding carboxylic acids is 2. The third-order valence-corrected chi connectivity index (χ3v) is 3.90. The van der Waals surface area contributed by atoms with Gasteiger partial charge in [0.05, 0.1) is 11.7 Å². The molecular weight excluding hydrogens is 268 g/mol. The topological polar surface area (TPSA) is 71.2 Å². The Labute approximate surface area is 125 Å². The maximum absolute atomic E-state index is 12.3. The Morgan fingerprint density at radius 1 is 1.24 bits per heavy atom. The number of amides is 1. The first-order valence-electron chi connectivity index (χ1n) is 7.52. The second-order valence-corrected chi connectivity index (χ2v) is 6.18. The summed E-state index contributed by atoms with van der Waals surface area (Å²) in [6, 6.07) is 0.173. The molecule has 1 unspecified atom stereocenters. The molecule has 116 valence electrons. The van der Waals surface area contributed by atoms with Crippen molar-refractivity contribution in [3.63, 3.8) is 0 Å². The van der Waals surface area contributed by atoms with Gasteiger partial charge in [-0.1, -0.05) is 0 Å². The van der Waals surface area contributed by atoms with E-state index < -0.39 is 0 Å².